The van der Waals surface area contributed by atoms with Crippen LogP contribution in [0, 0.1) is 17.5 Å². The van der Waals surface area contributed by atoms with E-state index in [1.807, 2.05) is 31.2 Å². The quantitative estimate of drug-likeness (QED) is 0.219. The normalized spacial score (nSPS) is 19.4. The Morgan fingerprint density at radius 1 is 1.07 bits per heavy atom. The molecule has 1 unspecified atom stereocenters. The van der Waals surface area contributed by atoms with E-state index < -0.39 is 15.1 Å². The van der Waals surface area contributed by atoms with Gasteiger partial charge in [-0.05, 0) is 91.8 Å². The molecule has 1 amide bonds. The van der Waals surface area contributed by atoms with E-state index in [0.717, 1.165) is 47.2 Å². The third-order valence-electron chi connectivity index (χ3n) is 7.78. The van der Waals surface area contributed by atoms with Gasteiger partial charge in [0, 0.05) is 40.3 Å². The largest absolute Gasteiger partial charge is 0.369 e. The minimum atomic E-state index is -2.88. The van der Waals surface area contributed by atoms with Crippen molar-refractivity contribution in [3.8, 4) is 11.1 Å². The smallest absolute Gasteiger partial charge is 0.235 e. The third-order valence-corrected chi connectivity index (χ3v) is 9.66. The van der Waals surface area contributed by atoms with Crippen LogP contribution in [-0.2, 0) is 19.9 Å². The molecular formula is C31H31FN6O2S. The summed E-state index contributed by atoms with van der Waals surface area (Å²) in [6.45, 7) is 2.55. The number of fused-ring (bicyclic) bond motifs is 4. The maximum atomic E-state index is 13.4. The van der Waals surface area contributed by atoms with Gasteiger partial charge in [0.1, 0.15) is 11.6 Å². The first-order valence-corrected chi connectivity index (χ1v) is 15.4. The van der Waals surface area contributed by atoms with Gasteiger partial charge in [-0.25, -0.2) is 18.4 Å². The summed E-state index contributed by atoms with van der Waals surface area (Å²) in [5.41, 5.74) is 4.22. The molecule has 2 heterocycles. The van der Waals surface area contributed by atoms with Gasteiger partial charge >= 0.3 is 0 Å². The highest BCUT2D eigenvalue weighted by atomic mass is 32.2. The van der Waals surface area contributed by atoms with Crippen molar-refractivity contribution in [3.63, 3.8) is 0 Å². The molecule has 4 bridgehead atoms. The molecular weight excluding hydrogens is 539 g/mol. The number of amides is 1. The molecule has 1 saturated carbocycles. The molecule has 0 spiro atoms. The minimum absolute atomic E-state index is 0.0842. The van der Waals surface area contributed by atoms with Gasteiger partial charge < -0.3 is 16.0 Å². The van der Waals surface area contributed by atoms with Gasteiger partial charge in [0.15, 0.2) is 0 Å². The van der Waals surface area contributed by atoms with Crippen LogP contribution >= 0.6 is 0 Å². The van der Waals surface area contributed by atoms with Gasteiger partial charge in [-0.1, -0.05) is 24.3 Å². The van der Waals surface area contributed by atoms with Crippen LogP contribution in [0.15, 0.2) is 77.8 Å². The van der Waals surface area contributed by atoms with Crippen LogP contribution in [0.25, 0.3) is 11.1 Å². The fraction of sp³-hybridized carbons (Fsp3) is 0.258. The molecule has 4 aromatic rings. The van der Waals surface area contributed by atoms with E-state index in [-0.39, 0.29) is 11.7 Å². The van der Waals surface area contributed by atoms with Gasteiger partial charge in [-0.15, -0.1) is 0 Å². The molecule has 3 aromatic carbocycles. The van der Waals surface area contributed by atoms with Crippen LogP contribution in [-0.4, -0.2) is 32.4 Å². The fourth-order valence-corrected chi connectivity index (χ4v) is 6.67. The number of anilines is 4. The number of benzene rings is 3. The van der Waals surface area contributed by atoms with Crippen molar-refractivity contribution in [2.24, 2.45) is 0 Å². The maximum absolute atomic E-state index is 13.4. The minimum Gasteiger partial charge on any atom is -0.369 e. The summed E-state index contributed by atoms with van der Waals surface area (Å²) in [6.07, 6.45) is 4.61. The summed E-state index contributed by atoms with van der Waals surface area (Å²) >= 11 is 0. The Labute approximate surface area is 238 Å². The second-order valence-corrected chi connectivity index (χ2v) is 12.9. The summed E-state index contributed by atoms with van der Waals surface area (Å²) in [5, 5.41) is 9.66. The van der Waals surface area contributed by atoms with E-state index >= 15 is 0 Å². The van der Waals surface area contributed by atoms with Crippen molar-refractivity contribution in [2.45, 2.75) is 42.9 Å². The molecule has 1 aromatic heterocycles. The SMILES string of the molecule is Cc1cc(-c2cnc3nc2NCCCCS(=N)(=O)c2cccc(c2)N3)ccc1NC(=O)C1(c2ccc(F)cc2)CC1. The van der Waals surface area contributed by atoms with Crippen LogP contribution in [0.5, 0.6) is 0 Å². The highest BCUT2D eigenvalue weighted by Crippen LogP contribution is 2.49. The van der Waals surface area contributed by atoms with Crippen LogP contribution in [0.4, 0.5) is 27.5 Å². The Balaban J connectivity index is 1.25. The molecule has 0 saturated heterocycles. The molecule has 1 aliphatic carbocycles. The second-order valence-electron chi connectivity index (χ2n) is 10.7. The average molecular weight is 571 g/mol. The van der Waals surface area contributed by atoms with Gasteiger partial charge in [0.25, 0.3) is 0 Å². The number of halogens is 1. The predicted molar refractivity (Wildman–Crippen MR) is 160 cm³/mol. The first-order chi connectivity index (χ1) is 19.7. The number of nitrogens with zero attached hydrogens (tertiary/aromatic N) is 2. The van der Waals surface area contributed by atoms with Crippen molar-refractivity contribution in [1.82, 2.24) is 9.97 Å². The van der Waals surface area contributed by atoms with Gasteiger partial charge in [0.2, 0.25) is 11.9 Å². The lowest BCUT2D eigenvalue weighted by Crippen LogP contribution is -2.28. The Hall–Kier alpha value is -4.31. The molecule has 0 radical (unpaired) electrons. The molecule has 210 valence electrons. The third kappa shape index (κ3) is 5.52. The van der Waals surface area contributed by atoms with Gasteiger partial charge in [0.05, 0.1) is 15.1 Å². The molecule has 1 atom stereocenters. The number of hydrogen-bond donors (Lipinski definition) is 4. The molecule has 4 N–H and O–H groups in total. The predicted octanol–water partition coefficient (Wildman–Crippen LogP) is 6.62. The summed E-state index contributed by atoms with van der Waals surface area (Å²) in [7, 11) is -2.88. The summed E-state index contributed by atoms with van der Waals surface area (Å²) in [5.74, 6) is 0.945. The van der Waals surface area contributed by atoms with E-state index in [1.54, 1.807) is 36.5 Å². The second kappa shape index (κ2) is 10.6. The Morgan fingerprint density at radius 3 is 2.63 bits per heavy atom. The Bertz CT molecular complexity index is 1740. The zero-order valence-electron chi connectivity index (χ0n) is 22.7. The zero-order valence-corrected chi connectivity index (χ0v) is 23.5. The van der Waals surface area contributed by atoms with Crippen molar-refractivity contribution in [3.05, 3.63) is 89.9 Å². The van der Waals surface area contributed by atoms with Crippen molar-refractivity contribution in [1.29, 1.82) is 4.78 Å². The monoisotopic (exact) mass is 570 g/mol. The number of aryl methyl sites for hydroxylation is 1. The van der Waals surface area contributed by atoms with Crippen molar-refractivity contribution in [2.75, 3.05) is 28.2 Å². The van der Waals surface area contributed by atoms with Gasteiger partial charge in [-0.2, -0.15) is 4.98 Å². The molecule has 8 nitrogen and oxygen atoms in total. The van der Waals surface area contributed by atoms with E-state index in [0.29, 0.717) is 41.1 Å². The standard InChI is InChI=1S/C31H31FN6O2S/c1-20-17-21(7-12-27(20)37-29(39)31(13-14-31)22-8-10-23(32)11-9-22)26-19-35-30-36-24-5-4-6-25(18-24)41(33,40)16-3-2-15-34-28(26)38-30/h4-12,17-19,33H,2-3,13-16H2,1H3,(H,37,39)(H2,34,35,36,38). The van der Waals surface area contributed by atoms with Crippen molar-refractivity contribution < 1.29 is 13.4 Å². The summed E-state index contributed by atoms with van der Waals surface area (Å²) in [4.78, 5) is 23.0. The maximum Gasteiger partial charge on any atom is 0.235 e. The van der Waals surface area contributed by atoms with Crippen molar-refractivity contribution >= 4 is 38.8 Å². The summed E-state index contributed by atoms with van der Waals surface area (Å²) < 4.78 is 34.8. The highest BCUT2D eigenvalue weighted by Gasteiger charge is 2.51. The number of hydrogen-bond acceptors (Lipinski definition) is 7. The molecule has 10 heteroatoms. The molecule has 1 aliphatic heterocycles. The van der Waals surface area contributed by atoms with Crippen LogP contribution in [0.1, 0.15) is 36.8 Å². The lowest BCUT2D eigenvalue weighted by atomic mass is 9.94. The fourth-order valence-electron chi connectivity index (χ4n) is 5.21. The Morgan fingerprint density at radius 2 is 1.88 bits per heavy atom. The summed E-state index contributed by atoms with van der Waals surface area (Å²) in [6, 6.07) is 19.1. The molecule has 2 aliphatic rings. The van der Waals surface area contributed by atoms with Crippen LogP contribution < -0.4 is 16.0 Å². The molecule has 41 heavy (non-hydrogen) atoms. The first-order valence-electron chi connectivity index (χ1n) is 13.7. The topological polar surface area (TPSA) is 120 Å². The molecule has 1 fully saturated rings. The highest BCUT2D eigenvalue weighted by molar-refractivity contribution is 7.92. The van der Waals surface area contributed by atoms with Crippen LogP contribution in [0.3, 0.4) is 0 Å². The number of carbonyl (C=O) groups is 1. The van der Waals surface area contributed by atoms with Gasteiger partial charge in [-0.3, -0.25) is 4.79 Å². The number of nitrogens with one attached hydrogen (secondary N) is 4. The number of aromatic nitrogens is 2. The van der Waals surface area contributed by atoms with E-state index in [2.05, 4.69) is 20.9 Å². The van der Waals surface area contributed by atoms with E-state index in [4.69, 9.17) is 9.76 Å². The first kappa shape index (κ1) is 26.9. The van der Waals surface area contributed by atoms with E-state index in [1.165, 1.54) is 12.1 Å². The zero-order chi connectivity index (χ0) is 28.6. The number of carbonyl (C=O) groups excluding carboxylic acids is 1. The average Bonchev–Trinajstić information content (AvgIpc) is 3.76. The molecule has 6 rings (SSSR count). The van der Waals surface area contributed by atoms with Crippen LogP contribution in [0.2, 0.25) is 0 Å². The van der Waals surface area contributed by atoms with E-state index in [9.17, 15) is 13.4 Å². The number of rotatable bonds is 4. The lowest BCUT2D eigenvalue weighted by molar-refractivity contribution is -0.118. The lowest BCUT2D eigenvalue weighted by Gasteiger charge is -2.18. The Kier molecular flexibility index (Phi) is 6.94.